The van der Waals surface area contributed by atoms with E-state index in [1.54, 1.807) is 6.20 Å². The fourth-order valence-corrected chi connectivity index (χ4v) is 8.03. The highest BCUT2D eigenvalue weighted by Gasteiger charge is 2.24. The van der Waals surface area contributed by atoms with Crippen LogP contribution in [0, 0.1) is 11.8 Å². The van der Waals surface area contributed by atoms with E-state index in [9.17, 15) is 24.0 Å². The van der Waals surface area contributed by atoms with Crippen molar-refractivity contribution in [2.75, 3.05) is 26.4 Å². The number of hydrogen-bond acceptors (Lipinski definition) is 10. The van der Waals surface area contributed by atoms with E-state index in [0.29, 0.717) is 45.4 Å². The fourth-order valence-electron chi connectivity index (χ4n) is 8.03. The molecule has 0 spiro atoms. The van der Waals surface area contributed by atoms with Gasteiger partial charge in [0.2, 0.25) is 5.91 Å². The Bertz CT molecular complexity index is 1220. The average Bonchev–Trinajstić information content (AvgIpc) is 3.88. The first-order valence-electron chi connectivity index (χ1n) is 28.4. The van der Waals surface area contributed by atoms with Gasteiger partial charge in [-0.2, -0.15) is 0 Å². The smallest absolute Gasteiger partial charge is 0.328 e. The molecule has 0 aliphatic heterocycles. The molecule has 0 radical (unpaired) electrons. The van der Waals surface area contributed by atoms with Crippen molar-refractivity contribution in [3.05, 3.63) is 18.2 Å². The van der Waals surface area contributed by atoms with Gasteiger partial charge in [-0.1, -0.05) is 196 Å². The summed E-state index contributed by atoms with van der Waals surface area (Å²) in [7, 11) is 0. The first-order chi connectivity index (χ1) is 33.7. The fraction of sp³-hybridized carbons (Fsp3) is 0.860. The summed E-state index contributed by atoms with van der Waals surface area (Å²) in [6.45, 7) is 16.1. The molecule has 0 fully saturated rings. The zero-order valence-electron chi connectivity index (χ0n) is 45.4. The Balaban J connectivity index is 0. The molecule has 0 aliphatic carbocycles. The summed E-state index contributed by atoms with van der Waals surface area (Å²) in [6, 6.07) is -0.958. The maximum absolute atomic E-state index is 12.6. The topological polar surface area (TPSA) is 163 Å². The van der Waals surface area contributed by atoms with Crippen molar-refractivity contribution >= 4 is 30.8 Å². The van der Waals surface area contributed by atoms with Crippen LogP contribution in [0.3, 0.4) is 0 Å². The lowest BCUT2D eigenvalue weighted by molar-refractivity contribution is -0.149. The molecule has 12 heteroatoms. The van der Waals surface area contributed by atoms with E-state index in [2.05, 4.69) is 66.3 Å². The van der Waals surface area contributed by atoms with E-state index in [4.69, 9.17) is 9.47 Å². The third kappa shape index (κ3) is 52.2. The minimum absolute atomic E-state index is 0.0372. The van der Waals surface area contributed by atoms with E-state index in [0.717, 1.165) is 56.1 Å². The van der Waals surface area contributed by atoms with Crippen LogP contribution in [0.1, 0.15) is 272 Å². The molecular formula is C57H107N3O9. The Morgan fingerprint density at radius 3 is 1.33 bits per heavy atom. The number of amides is 1. The molecule has 3 unspecified atom stereocenters. The summed E-state index contributed by atoms with van der Waals surface area (Å²) in [5, 5.41) is 2.67. The molecule has 404 valence electrons. The summed E-state index contributed by atoms with van der Waals surface area (Å²) < 4.78 is 19.8. The van der Waals surface area contributed by atoms with Crippen LogP contribution < -0.4 is 5.32 Å². The molecule has 0 aliphatic rings. The number of nitrogens with zero attached hydrogens (tertiary/aromatic N) is 1. The van der Waals surface area contributed by atoms with Gasteiger partial charge in [0, 0.05) is 24.7 Å². The number of imidazole rings is 1. The number of esters is 2. The normalized spacial score (nSPS) is 12.0. The summed E-state index contributed by atoms with van der Waals surface area (Å²) in [4.78, 5) is 64.2. The highest BCUT2D eigenvalue weighted by molar-refractivity contribution is 5.85. The Hall–Kier alpha value is -3.44. The Morgan fingerprint density at radius 1 is 0.522 bits per heavy atom. The Labute approximate surface area is 422 Å². The molecule has 1 heterocycles. The van der Waals surface area contributed by atoms with Crippen molar-refractivity contribution in [1.82, 2.24) is 15.3 Å². The lowest BCUT2D eigenvalue weighted by Gasteiger charge is -2.17. The Kier molecular flexibility index (Phi) is 54.4. The second kappa shape index (κ2) is 55.5. The maximum Gasteiger partial charge on any atom is 0.328 e. The number of aromatic amines is 1. The highest BCUT2D eigenvalue weighted by Crippen LogP contribution is 2.19. The van der Waals surface area contributed by atoms with Gasteiger partial charge in [0.25, 0.3) is 12.9 Å². The van der Waals surface area contributed by atoms with E-state index in [1.165, 1.54) is 160 Å². The number of H-pyrrole nitrogens is 1. The van der Waals surface area contributed by atoms with Gasteiger partial charge in [0.15, 0.2) is 0 Å². The molecule has 1 aromatic heterocycles. The van der Waals surface area contributed by atoms with Gasteiger partial charge in [0.05, 0.1) is 32.8 Å². The molecule has 0 aromatic carbocycles. The number of unbranched alkanes of at least 4 members (excludes halogenated alkanes) is 22. The minimum atomic E-state index is -0.958. The molecule has 0 bridgehead atoms. The lowest BCUT2D eigenvalue weighted by atomic mass is 9.96. The molecule has 12 nitrogen and oxygen atoms in total. The summed E-state index contributed by atoms with van der Waals surface area (Å²) in [5.74, 6) is 0.570. The zero-order valence-corrected chi connectivity index (χ0v) is 45.4. The van der Waals surface area contributed by atoms with Crippen LogP contribution in [0.2, 0.25) is 0 Å². The molecule has 0 saturated carbocycles. The van der Waals surface area contributed by atoms with Crippen LogP contribution in [0.25, 0.3) is 0 Å². The number of ether oxygens (including phenoxy) is 4. The third-order valence-corrected chi connectivity index (χ3v) is 12.6. The van der Waals surface area contributed by atoms with Gasteiger partial charge >= 0.3 is 11.9 Å². The van der Waals surface area contributed by atoms with Crippen molar-refractivity contribution in [3.63, 3.8) is 0 Å². The van der Waals surface area contributed by atoms with Crippen LogP contribution >= 0.6 is 0 Å². The van der Waals surface area contributed by atoms with Crippen molar-refractivity contribution in [2.45, 2.75) is 279 Å². The second-order valence-corrected chi connectivity index (χ2v) is 19.4. The van der Waals surface area contributed by atoms with Gasteiger partial charge < -0.3 is 29.2 Å². The summed E-state index contributed by atoms with van der Waals surface area (Å²) in [6.07, 6.45) is 44.6. The number of carbonyl (C=O) groups excluding carboxylic acids is 5. The number of aryl methyl sites for hydroxylation is 1. The van der Waals surface area contributed by atoms with Crippen molar-refractivity contribution in [2.24, 2.45) is 11.8 Å². The average molecular weight is 978 g/mol. The summed E-state index contributed by atoms with van der Waals surface area (Å²) >= 11 is 0. The first kappa shape index (κ1) is 67.6. The summed E-state index contributed by atoms with van der Waals surface area (Å²) in [5.41, 5.74) is 0.799. The van der Waals surface area contributed by atoms with E-state index >= 15 is 0 Å². The molecule has 0 saturated heterocycles. The van der Waals surface area contributed by atoms with Gasteiger partial charge in [-0.25, -0.2) is 9.78 Å². The molecule has 1 aromatic rings. The molecule has 69 heavy (non-hydrogen) atoms. The maximum atomic E-state index is 12.6. The van der Waals surface area contributed by atoms with Crippen molar-refractivity contribution in [3.8, 4) is 0 Å². The molecular weight excluding hydrogens is 871 g/mol. The highest BCUT2D eigenvalue weighted by atomic mass is 16.5. The van der Waals surface area contributed by atoms with Crippen LogP contribution in [0.4, 0.5) is 0 Å². The number of aromatic nitrogens is 2. The van der Waals surface area contributed by atoms with E-state index < -0.39 is 18.0 Å². The minimum Gasteiger partial charge on any atom is -0.468 e. The third-order valence-electron chi connectivity index (χ3n) is 12.6. The number of hydrogen-bond donors (Lipinski definition) is 2. The Morgan fingerprint density at radius 2 is 0.913 bits per heavy atom. The second-order valence-electron chi connectivity index (χ2n) is 19.4. The van der Waals surface area contributed by atoms with Crippen LogP contribution in [0.15, 0.2) is 12.5 Å². The standard InChI is InChI=1S/C25H39N3O9.2C16H34/c29-19-34-13-5-1-3-7-15-36-24(32)12-10-22(28-23(31)11-9-21-17-26-18-27-21)25(33)37-16-8-4-2-6-14-35-20-30;2*1-4-6-8-10-11-13-15-16(3)14-12-9-7-5-2/h17-20,22H,1-16H2,(H,26,27)(H,28,31);2*16H,4-15H2,1-3H3. The van der Waals surface area contributed by atoms with Gasteiger partial charge in [0.1, 0.15) is 6.04 Å². The van der Waals surface area contributed by atoms with Gasteiger partial charge in [-0.15, -0.1) is 0 Å². The van der Waals surface area contributed by atoms with Gasteiger partial charge in [-0.3, -0.25) is 19.2 Å². The molecule has 1 amide bonds. The molecule has 1 rings (SSSR count). The number of carbonyl (C=O) groups is 5. The monoisotopic (exact) mass is 978 g/mol. The van der Waals surface area contributed by atoms with E-state index in [-0.39, 0.29) is 38.4 Å². The van der Waals surface area contributed by atoms with Crippen LogP contribution in [0.5, 0.6) is 0 Å². The number of nitrogens with one attached hydrogen (secondary N) is 2. The quantitative estimate of drug-likeness (QED) is 0.0278. The number of rotatable bonds is 48. The SMILES string of the molecule is CCCCCCCCC(C)CCCCCC.CCCCCCCCC(C)CCCCCC.O=COCCCCCCOC(=O)CCC(NC(=O)CCc1cnc[nH]1)C(=O)OCCCCCCOC=O. The van der Waals surface area contributed by atoms with Crippen LogP contribution in [-0.4, -0.2) is 73.2 Å². The predicted octanol–water partition coefficient (Wildman–Crippen LogP) is 14.8. The van der Waals surface area contributed by atoms with Gasteiger partial charge in [-0.05, 0) is 76.0 Å². The predicted molar refractivity (Wildman–Crippen MR) is 283 cm³/mol. The van der Waals surface area contributed by atoms with E-state index in [1.807, 2.05) is 0 Å². The lowest BCUT2D eigenvalue weighted by Crippen LogP contribution is -2.42. The molecule has 2 N–H and O–H groups in total. The zero-order chi connectivity index (χ0) is 51.1. The van der Waals surface area contributed by atoms with Crippen molar-refractivity contribution < 1.29 is 42.9 Å². The molecule has 3 atom stereocenters. The van der Waals surface area contributed by atoms with Crippen LogP contribution in [-0.2, 0) is 49.3 Å². The van der Waals surface area contributed by atoms with Crippen molar-refractivity contribution in [1.29, 1.82) is 0 Å². The largest absolute Gasteiger partial charge is 0.468 e. The first-order valence-corrected chi connectivity index (χ1v) is 28.4.